The van der Waals surface area contributed by atoms with Gasteiger partial charge in [-0.25, -0.2) is 0 Å². The molecule has 0 amide bonds. The van der Waals surface area contributed by atoms with Gasteiger partial charge in [0.2, 0.25) is 0 Å². The maximum Gasteiger partial charge on any atom is 0.178 e. The number of ketones is 2. The van der Waals surface area contributed by atoms with Gasteiger partial charge in [0.05, 0.1) is 0 Å². The lowest BCUT2D eigenvalue weighted by Gasteiger charge is -2.09. The molecule has 3 heteroatoms. The number of halogens is 1. The molecule has 0 atom stereocenters. The van der Waals surface area contributed by atoms with Crippen LogP contribution in [0.2, 0.25) is 0 Å². The average molecular weight is 315 g/mol. The Kier molecular flexibility index (Phi) is 2.86. The van der Waals surface area contributed by atoms with Crippen LogP contribution in [0.4, 0.5) is 0 Å². The summed E-state index contributed by atoms with van der Waals surface area (Å²) < 4.78 is 0.978. The lowest BCUT2D eigenvalue weighted by atomic mass is 9.93. The molecule has 0 saturated heterocycles. The van der Waals surface area contributed by atoms with E-state index in [1.54, 1.807) is 24.3 Å². The van der Waals surface area contributed by atoms with E-state index in [1.807, 2.05) is 25.1 Å². The van der Waals surface area contributed by atoms with E-state index in [4.69, 9.17) is 0 Å². The molecular weight excluding hydrogens is 304 g/mol. The van der Waals surface area contributed by atoms with Gasteiger partial charge in [0, 0.05) is 15.6 Å². The zero-order valence-corrected chi connectivity index (χ0v) is 11.9. The molecule has 0 N–H and O–H groups in total. The summed E-state index contributed by atoms with van der Waals surface area (Å²) in [5, 5.41) is 0. The fraction of sp³-hybridized carbons (Fsp3) is 0.125. The highest BCUT2D eigenvalue weighted by atomic mass is 79.9. The standard InChI is InChI=1S/C16H11BrO2/c1-9-8-10(6-7-13(9)17)14-15(18)11-4-2-3-5-12(11)16(14)19/h2-8,14H,1H3. The van der Waals surface area contributed by atoms with Crippen molar-refractivity contribution >= 4 is 27.5 Å². The molecule has 0 unspecified atom stereocenters. The Labute approximate surface area is 119 Å². The lowest BCUT2D eigenvalue weighted by molar-refractivity contribution is 0.0890. The van der Waals surface area contributed by atoms with E-state index in [0.29, 0.717) is 11.1 Å². The van der Waals surface area contributed by atoms with Gasteiger partial charge >= 0.3 is 0 Å². The minimum atomic E-state index is -0.677. The fourth-order valence-corrected chi connectivity index (χ4v) is 2.74. The van der Waals surface area contributed by atoms with Gasteiger partial charge in [-0.15, -0.1) is 0 Å². The Morgan fingerprint density at radius 3 is 2.05 bits per heavy atom. The summed E-state index contributed by atoms with van der Waals surface area (Å²) in [6.07, 6.45) is 0. The highest BCUT2D eigenvalue weighted by Gasteiger charge is 2.39. The summed E-state index contributed by atoms with van der Waals surface area (Å²) in [6, 6.07) is 12.6. The highest BCUT2D eigenvalue weighted by Crippen LogP contribution is 2.34. The SMILES string of the molecule is Cc1cc(C2C(=O)c3ccccc3C2=O)ccc1Br. The lowest BCUT2D eigenvalue weighted by Crippen LogP contribution is -2.12. The van der Waals surface area contributed by atoms with Crippen molar-refractivity contribution in [2.24, 2.45) is 0 Å². The minimum absolute atomic E-state index is 0.0951. The number of hydrogen-bond donors (Lipinski definition) is 0. The molecule has 1 aliphatic rings. The maximum atomic E-state index is 12.4. The first-order chi connectivity index (χ1) is 9.09. The molecule has 1 aliphatic carbocycles. The first-order valence-electron chi connectivity index (χ1n) is 6.03. The quantitative estimate of drug-likeness (QED) is 0.748. The number of benzene rings is 2. The van der Waals surface area contributed by atoms with E-state index in [0.717, 1.165) is 15.6 Å². The molecule has 94 valence electrons. The minimum Gasteiger partial charge on any atom is -0.293 e. The van der Waals surface area contributed by atoms with Gasteiger partial charge in [-0.2, -0.15) is 0 Å². The van der Waals surface area contributed by atoms with Crippen LogP contribution in [0, 0.1) is 6.92 Å². The molecule has 0 aliphatic heterocycles. The molecule has 0 saturated carbocycles. The number of aryl methyl sites for hydroxylation is 1. The van der Waals surface area contributed by atoms with Crippen molar-refractivity contribution in [3.63, 3.8) is 0 Å². The zero-order valence-electron chi connectivity index (χ0n) is 10.3. The molecule has 19 heavy (non-hydrogen) atoms. The molecule has 0 fully saturated rings. The second-order valence-corrected chi connectivity index (χ2v) is 5.57. The number of fused-ring (bicyclic) bond motifs is 1. The molecule has 2 aromatic rings. The van der Waals surface area contributed by atoms with Crippen LogP contribution >= 0.6 is 15.9 Å². The molecule has 0 aromatic heterocycles. The van der Waals surface area contributed by atoms with Gasteiger partial charge in [0.1, 0.15) is 5.92 Å². The van der Waals surface area contributed by atoms with Gasteiger partial charge in [-0.05, 0) is 24.1 Å². The highest BCUT2D eigenvalue weighted by molar-refractivity contribution is 9.10. The van der Waals surface area contributed by atoms with Crippen LogP contribution < -0.4 is 0 Å². The van der Waals surface area contributed by atoms with Gasteiger partial charge < -0.3 is 0 Å². The Bertz CT molecular complexity index is 669. The molecule has 2 aromatic carbocycles. The van der Waals surface area contributed by atoms with Crippen LogP contribution in [-0.4, -0.2) is 11.6 Å². The average Bonchev–Trinajstić information content (AvgIpc) is 2.66. The maximum absolute atomic E-state index is 12.4. The largest absolute Gasteiger partial charge is 0.293 e. The van der Waals surface area contributed by atoms with Gasteiger partial charge in [-0.3, -0.25) is 9.59 Å². The van der Waals surface area contributed by atoms with Crippen LogP contribution in [0.15, 0.2) is 46.9 Å². The summed E-state index contributed by atoms with van der Waals surface area (Å²) in [5.41, 5.74) is 2.87. The second-order valence-electron chi connectivity index (χ2n) is 4.72. The van der Waals surface area contributed by atoms with E-state index < -0.39 is 5.92 Å². The number of hydrogen-bond acceptors (Lipinski definition) is 2. The van der Waals surface area contributed by atoms with Crippen LogP contribution in [0.5, 0.6) is 0 Å². The molecule has 0 radical (unpaired) electrons. The Balaban J connectivity index is 2.11. The first-order valence-corrected chi connectivity index (χ1v) is 6.82. The molecule has 0 bridgehead atoms. The predicted molar refractivity (Wildman–Crippen MR) is 76.7 cm³/mol. The first kappa shape index (κ1) is 12.3. The molecule has 3 rings (SSSR count). The normalized spacial score (nSPS) is 14.8. The van der Waals surface area contributed by atoms with Crippen LogP contribution in [0.3, 0.4) is 0 Å². The summed E-state index contributed by atoms with van der Waals surface area (Å²) in [4.78, 5) is 24.7. The van der Waals surface area contributed by atoms with E-state index >= 15 is 0 Å². The van der Waals surface area contributed by atoms with Gasteiger partial charge in [-0.1, -0.05) is 52.3 Å². The summed E-state index contributed by atoms with van der Waals surface area (Å²) in [6.45, 7) is 1.95. The number of carbonyl (C=O) groups excluding carboxylic acids is 2. The molecular formula is C16H11BrO2. The summed E-state index contributed by atoms with van der Waals surface area (Å²) >= 11 is 3.43. The Morgan fingerprint density at radius 1 is 0.947 bits per heavy atom. The Morgan fingerprint density at radius 2 is 1.53 bits per heavy atom. The monoisotopic (exact) mass is 314 g/mol. The van der Waals surface area contributed by atoms with E-state index in [-0.39, 0.29) is 11.6 Å². The van der Waals surface area contributed by atoms with Crippen molar-refractivity contribution in [2.45, 2.75) is 12.8 Å². The van der Waals surface area contributed by atoms with E-state index in [2.05, 4.69) is 15.9 Å². The molecule has 0 heterocycles. The topological polar surface area (TPSA) is 34.1 Å². The smallest absolute Gasteiger partial charge is 0.178 e. The van der Waals surface area contributed by atoms with Crippen molar-refractivity contribution in [2.75, 3.05) is 0 Å². The third kappa shape index (κ3) is 1.85. The van der Waals surface area contributed by atoms with Crippen LogP contribution in [0.1, 0.15) is 37.8 Å². The van der Waals surface area contributed by atoms with E-state index in [9.17, 15) is 9.59 Å². The van der Waals surface area contributed by atoms with Gasteiger partial charge in [0.25, 0.3) is 0 Å². The molecule has 2 nitrogen and oxygen atoms in total. The van der Waals surface area contributed by atoms with Gasteiger partial charge in [0.15, 0.2) is 11.6 Å². The van der Waals surface area contributed by atoms with Crippen molar-refractivity contribution < 1.29 is 9.59 Å². The molecule has 0 spiro atoms. The third-order valence-corrected chi connectivity index (χ3v) is 4.39. The van der Waals surface area contributed by atoms with E-state index in [1.165, 1.54) is 0 Å². The summed E-state index contributed by atoms with van der Waals surface area (Å²) in [5.74, 6) is -0.867. The van der Waals surface area contributed by atoms with Crippen molar-refractivity contribution in [3.8, 4) is 0 Å². The van der Waals surface area contributed by atoms with Crippen molar-refractivity contribution in [1.82, 2.24) is 0 Å². The number of carbonyl (C=O) groups is 2. The second kappa shape index (κ2) is 4.42. The Hall–Kier alpha value is -1.74. The summed E-state index contributed by atoms with van der Waals surface area (Å²) in [7, 11) is 0. The fourth-order valence-electron chi connectivity index (χ4n) is 2.49. The van der Waals surface area contributed by atoms with Crippen LogP contribution in [-0.2, 0) is 0 Å². The number of rotatable bonds is 1. The van der Waals surface area contributed by atoms with Crippen LogP contribution in [0.25, 0.3) is 0 Å². The zero-order chi connectivity index (χ0) is 13.6. The third-order valence-electron chi connectivity index (χ3n) is 3.50. The number of Topliss-reactive ketones (excluding diaryl/α,β-unsaturated/α-hetero) is 2. The predicted octanol–water partition coefficient (Wildman–Crippen LogP) is 3.92. The van der Waals surface area contributed by atoms with Crippen molar-refractivity contribution in [3.05, 3.63) is 69.2 Å². The van der Waals surface area contributed by atoms with Crippen molar-refractivity contribution in [1.29, 1.82) is 0 Å².